The lowest BCUT2D eigenvalue weighted by atomic mass is 10.2. The van der Waals surface area contributed by atoms with Gasteiger partial charge in [0.25, 0.3) is 0 Å². The molecule has 0 amide bonds. The van der Waals surface area contributed by atoms with Crippen LogP contribution in [0.2, 0.25) is 0 Å². The molecule has 4 heteroatoms. The average Bonchev–Trinajstić information content (AvgIpc) is 2.17. The van der Waals surface area contributed by atoms with E-state index in [0.29, 0.717) is 6.54 Å². The lowest BCUT2D eigenvalue weighted by Gasteiger charge is -2.26. The molecule has 0 saturated carbocycles. The summed E-state index contributed by atoms with van der Waals surface area (Å²) in [5.74, 6) is -0.110. The summed E-state index contributed by atoms with van der Waals surface area (Å²) in [5, 5.41) is 11.7. The Kier molecular flexibility index (Phi) is 2.26. The van der Waals surface area contributed by atoms with Crippen molar-refractivity contribution in [2.45, 2.75) is 12.5 Å². The van der Waals surface area contributed by atoms with Crippen molar-refractivity contribution in [2.24, 2.45) is 0 Å². The summed E-state index contributed by atoms with van der Waals surface area (Å²) in [6, 6.07) is 7.51. The minimum atomic E-state index is -0.837. The highest BCUT2D eigenvalue weighted by Crippen LogP contribution is 2.28. The number of carbonyl (C=O) groups is 1. The highest BCUT2D eigenvalue weighted by molar-refractivity contribution is 5.68. The number of carboxylic acid groups (broad SMARTS) is 1. The minimum Gasteiger partial charge on any atom is -0.486 e. The lowest BCUT2D eigenvalue weighted by molar-refractivity contribution is -0.138. The molecule has 1 atom stereocenters. The van der Waals surface area contributed by atoms with Gasteiger partial charge in [-0.1, -0.05) is 12.1 Å². The molecule has 0 radical (unpaired) electrons. The molecule has 0 fully saturated rings. The van der Waals surface area contributed by atoms with Crippen LogP contribution in [0, 0.1) is 0 Å². The molecule has 0 spiro atoms. The quantitative estimate of drug-likeness (QED) is 0.744. The van der Waals surface area contributed by atoms with Gasteiger partial charge in [0.05, 0.1) is 18.7 Å². The van der Waals surface area contributed by atoms with Gasteiger partial charge in [-0.3, -0.25) is 4.79 Å². The van der Waals surface area contributed by atoms with Gasteiger partial charge in [-0.15, -0.1) is 0 Å². The van der Waals surface area contributed by atoms with Crippen LogP contribution in [0.1, 0.15) is 6.42 Å². The van der Waals surface area contributed by atoms with Crippen molar-refractivity contribution in [3.8, 4) is 5.75 Å². The van der Waals surface area contributed by atoms with Gasteiger partial charge in [-0.2, -0.15) is 0 Å². The van der Waals surface area contributed by atoms with E-state index in [2.05, 4.69) is 5.32 Å². The number of nitrogens with one attached hydrogen (secondary N) is 1. The predicted octanol–water partition coefficient (Wildman–Crippen LogP) is 1.33. The number of hydrogen-bond acceptors (Lipinski definition) is 3. The first-order chi connectivity index (χ1) is 6.75. The monoisotopic (exact) mass is 193 g/mol. The smallest absolute Gasteiger partial charge is 0.307 e. The molecule has 2 N–H and O–H groups in total. The molecule has 2 rings (SSSR count). The fourth-order valence-electron chi connectivity index (χ4n) is 1.47. The first kappa shape index (κ1) is 8.87. The molecule has 1 aliphatic rings. The topological polar surface area (TPSA) is 58.6 Å². The highest BCUT2D eigenvalue weighted by atomic mass is 16.5. The van der Waals surface area contributed by atoms with Gasteiger partial charge in [-0.25, -0.2) is 0 Å². The molecule has 1 unspecified atom stereocenters. The van der Waals surface area contributed by atoms with Crippen LogP contribution < -0.4 is 10.1 Å². The molecule has 0 saturated heterocycles. The second-order valence-electron chi connectivity index (χ2n) is 3.21. The maximum Gasteiger partial charge on any atom is 0.307 e. The Morgan fingerprint density at radius 3 is 3.14 bits per heavy atom. The van der Waals surface area contributed by atoms with Crippen molar-refractivity contribution in [2.75, 3.05) is 11.9 Å². The Labute approximate surface area is 81.5 Å². The van der Waals surface area contributed by atoms with E-state index in [1.165, 1.54) is 0 Å². The van der Waals surface area contributed by atoms with Crippen molar-refractivity contribution < 1.29 is 14.6 Å². The Morgan fingerprint density at radius 2 is 2.36 bits per heavy atom. The van der Waals surface area contributed by atoms with Crippen molar-refractivity contribution in [1.29, 1.82) is 0 Å². The predicted molar refractivity (Wildman–Crippen MR) is 51.6 cm³/mol. The maximum atomic E-state index is 10.5. The second kappa shape index (κ2) is 3.57. The molecular formula is C10H11NO3. The standard InChI is InChI=1S/C10H11NO3/c12-10(13)5-7-6-11-8-3-1-2-4-9(8)14-7/h1-4,7,11H,5-6H2,(H,12,13). The Morgan fingerprint density at radius 1 is 1.57 bits per heavy atom. The molecule has 74 valence electrons. The summed E-state index contributed by atoms with van der Waals surface area (Å²) < 4.78 is 5.50. The van der Waals surface area contributed by atoms with Crippen LogP contribution in [-0.2, 0) is 4.79 Å². The summed E-state index contributed by atoms with van der Waals surface area (Å²) in [4.78, 5) is 10.5. The number of carboxylic acids is 1. The zero-order valence-electron chi connectivity index (χ0n) is 7.56. The molecule has 1 aromatic rings. The van der Waals surface area contributed by atoms with Gasteiger partial charge in [0.2, 0.25) is 0 Å². The molecule has 1 aromatic carbocycles. The number of ether oxygens (including phenoxy) is 1. The largest absolute Gasteiger partial charge is 0.486 e. The molecule has 0 aromatic heterocycles. The lowest BCUT2D eigenvalue weighted by Crippen LogP contribution is -2.32. The zero-order valence-corrected chi connectivity index (χ0v) is 7.56. The summed E-state index contributed by atoms with van der Waals surface area (Å²) in [5.41, 5.74) is 0.925. The number of aliphatic carboxylic acids is 1. The number of benzene rings is 1. The van der Waals surface area contributed by atoms with Gasteiger partial charge in [0.1, 0.15) is 11.9 Å². The molecule has 1 heterocycles. The van der Waals surface area contributed by atoms with Crippen LogP contribution in [0.25, 0.3) is 0 Å². The third-order valence-electron chi connectivity index (χ3n) is 2.10. The first-order valence-corrected chi connectivity index (χ1v) is 4.47. The fraction of sp³-hybridized carbons (Fsp3) is 0.300. The van der Waals surface area contributed by atoms with Crippen molar-refractivity contribution in [1.82, 2.24) is 0 Å². The number of rotatable bonds is 2. The molecule has 0 aliphatic carbocycles. The normalized spacial score (nSPS) is 19.0. The molecule has 1 aliphatic heterocycles. The average molecular weight is 193 g/mol. The summed E-state index contributed by atoms with van der Waals surface area (Å²) in [6.45, 7) is 0.545. The van der Waals surface area contributed by atoms with Crippen molar-refractivity contribution in [3.63, 3.8) is 0 Å². The Bertz CT molecular complexity index is 351. The van der Waals surface area contributed by atoms with Crippen LogP contribution in [0.3, 0.4) is 0 Å². The van der Waals surface area contributed by atoms with Gasteiger partial charge in [-0.05, 0) is 12.1 Å². The van der Waals surface area contributed by atoms with Crippen molar-refractivity contribution >= 4 is 11.7 Å². The van der Waals surface area contributed by atoms with Gasteiger partial charge in [0, 0.05) is 0 Å². The van der Waals surface area contributed by atoms with Crippen LogP contribution in [0.15, 0.2) is 24.3 Å². The molecule has 14 heavy (non-hydrogen) atoms. The number of fused-ring (bicyclic) bond motifs is 1. The Hall–Kier alpha value is -1.71. The third kappa shape index (κ3) is 1.79. The zero-order chi connectivity index (χ0) is 9.97. The number of para-hydroxylation sites is 2. The number of anilines is 1. The minimum absolute atomic E-state index is 0.0291. The summed E-state index contributed by atoms with van der Waals surface area (Å²) in [6.07, 6.45) is -0.246. The van der Waals surface area contributed by atoms with Gasteiger partial charge < -0.3 is 15.2 Å². The molecule has 4 nitrogen and oxygen atoms in total. The van der Waals surface area contributed by atoms with E-state index in [0.717, 1.165) is 11.4 Å². The number of hydrogen-bond donors (Lipinski definition) is 2. The van der Waals surface area contributed by atoms with Crippen LogP contribution in [0.5, 0.6) is 5.75 Å². The van der Waals surface area contributed by atoms with E-state index >= 15 is 0 Å². The Balaban J connectivity index is 2.09. The summed E-state index contributed by atoms with van der Waals surface area (Å²) in [7, 11) is 0. The highest BCUT2D eigenvalue weighted by Gasteiger charge is 2.20. The third-order valence-corrected chi connectivity index (χ3v) is 2.10. The van der Waals surface area contributed by atoms with E-state index in [9.17, 15) is 4.79 Å². The van der Waals surface area contributed by atoms with Crippen molar-refractivity contribution in [3.05, 3.63) is 24.3 Å². The first-order valence-electron chi connectivity index (χ1n) is 4.47. The SMILES string of the molecule is O=C(O)CC1CNc2ccccc2O1. The molecule has 0 bridgehead atoms. The van der Waals surface area contributed by atoms with Crippen LogP contribution >= 0.6 is 0 Å². The van der Waals surface area contributed by atoms with Gasteiger partial charge in [0.15, 0.2) is 0 Å². The van der Waals surface area contributed by atoms with Crippen LogP contribution in [-0.4, -0.2) is 23.7 Å². The van der Waals surface area contributed by atoms with E-state index in [1.807, 2.05) is 24.3 Å². The van der Waals surface area contributed by atoms with Crippen LogP contribution in [0.4, 0.5) is 5.69 Å². The van der Waals surface area contributed by atoms with E-state index in [1.54, 1.807) is 0 Å². The van der Waals surface area contributed by atoms with E-state index < -0.39 is 5.97 Å². The fourth-order valence-corrected chi connectivity index (χ4v) is 1.47. The van der Waals surface area contributed by atoms with Gasteiger partial charge >= 0.3 is 5.97 Å². The van der Waals surface area contributed by atoms with E-state index in [4.69, 9.17) is 9.84 Å². The molecular weight excluding hydrogens is 182 g/mol. The second-order valence-corrected chi connectivity index (χ2v) is 3.21. The van der Waals surface area contributed by atoms with E-state index in [-0.39, 0.29) is 12.5 Å². The maximum absolute atomic E-state index is 10.5. The summed E-state index contributed by atoms with van der Waals surface area (Å²) >= 11 is 0.